The van der Waals surface area contributed by atoms with E-state index in [-0.39, 0.29) is 11.7 Å². The predicted molar refractivity (Wildman–Crippen MR) is 91.1 cm³/mol. The highest BCUT2D eigenvalue weighted by Gasteiger charge is 2.09. The molecule has 5 heteroatoms. The fourth-order valence-electron chi connectivity index (χ4n) is 2.45. The third kappa shape index (κ3) is 3.24. The average molecular weight is 328 g/mol. The molecule has 1 heterocycles. The number of aryl methyl sites for hydroxylation is 2. The van der Waals surface area contributed by atoms with Gasteiger partial charge in [-0.3, -0.25) is 4.79 Å². The highest BCUT2D eigenvalue weighted by Crippen LogP contribution is 2.19. The number of hydrogen-bond donors (Lipinski definition) is 0. The number of carbonyl (C=O) groups excluding carboxylic acids is 1. The number of rotatable bonds is 3. The minimum Gasteiger partial charge on any atom is -0.316 e. The molecular weight excluding hydrogens is 311 g/mol. The molecule has 1 amide bonds. The van der Waals surface area contributed by atoms with Crippen molar-refractivity contribution in [2.24, 2.45) is 4.99 Å². The Morgan fingerprint density at radius 1 is 1.22 bits per heavy atom. The first kappa shape index (κ1) is 15.6. The first-order chi connectivity index (χ1) is 11.1. The summed E-state index contributed by atoms with van der Waals surface area (Å²) in [5.74, 6) is -0.710. The van der Waals surface area contributed by atoms with E-state index in [0.717, 1.165) is 23.2 Å². The second-order valence-electron chi connectivity index (χ2n) is 5.43. The normalized spacial score (nSPS) is 12.0. The van der Waals surface area contributed by atoms with E-state index in [1.807, 2.05) is 6.92 Å². The Hall–Kier alpha value is -2.27. The average Bonchev–Trinajstić information content (AvgIpc) is 2.85. The lowest BCUT2D eigenvalue weighted by Crippen LogP contribution is -2.16. The van der Waals surface area contributed by atoms with Gasteiger partial charge in [0.25, 0.3) is 5.91 Å². The summed E-state index contributed by atoms with van der Waals surface area (Å²) >= 11 is 1.51. The van der Waals surface area contributed by atoms with Gasteiger partial charge in [0.1, 0.15) is 5.82 Å². The molecule has 0 spiro atoms. The Morgan fingerprint density at radius 3 is 2.65 bits per heavy atom. The zero-order chi connectivity index (χ0) is 16.4. The number of thiazole rings is 1. The van der Waals surface area contributed by atoms with Gasteiger partial charge in [-0.15, -0.1) is 0 Å². The lowest BCUT2D eigenvalue weighted by Gasteiger charge is -2.02. The van der Waals surface area contributed by atoms with Crippen molar-refractivity contribution in [1.29, 1.82) is 0 Å². The molecule has 3 nitrogen and oxygen atoms in total. The molecule has 0 bridgehead atoms. The maximum absolute atomic E-state index is 13.0. The van der Waals surface area contributed by atoms with Crippen molar-refractivity contribution in [3.8, 4) is 0 Å². The van der Waals surface area contributed by atoms with Crippen LogP contribution in [0.3, 0.4) is 0 Å². The number of halogens is 1. The SMILES string of the molecule is CCCn1c(=NC(=O)c2ccc(F)cc2)sc2cc(C)ccc21. The topological polar surface area (TPSA) is 34.4 Å². The van der Waals surface area contributed by atoms with Crippen molar-refractivity contribution in [3.63, 3.8) is 0 Å². The molecule has 3 rings (SSSR count). The van der Waals surface area contributed by atoms with Gasteiger partial charge in [-0.05, 0) is 55.3 Å². The Labute approximate surface area is 137 Å². The summed E-state index contributed by atoms with van der Waals surface area (Å²) < 4.78 is 16.2. The monoisotopic (exact) mass is 328 g/mol. The van der Waals surface area contributed by atoms with Gasteiger partial charge in [0, 0.05) is 12.1 Å². The number of amides is 1. The van der Waals surface area contributed by atoms with E-state index in [1.54, 1.807) is 0 Å². The molecule has 0 fully saturated rings. The third-order valence-electron chi connectivity index (χ3n) is 3.57. The first-order valence-corrected chi connectivity index (χ1v) is 8.35. The van der Waals surface area contributed by atoms with Crippen LogP contribution < -0.4 is 4.80 Å². The number of hydrogen-bond acceptors (Lipinski definition) is 2. The Bertz CT molecular complexity index is 922. The molecule has 0 atom stereocenters. The molecule has 3 aromatic rings. The van der Waals surface area contributed by atoms with Gasteiger partial charge in [0.2, 0.25) is 0 Å². The summed E-state index contributed by atoms with van der Waals surface area (Å²) in [7, 11) is 0. The minimum atomic E-state index is -0.361. The van der Waals surface area contributed by atoms with E-state index >= 15 is 0 Å². The molecule has 0 radical (unpaired) electrons. The molecule has 0 unspecified atom stereocenters. The van der Waals surface area contributed by atoms with Crippen molar-refractivity contribution in [2.45, 2.75) is 26.8 Å². The molecule has 118 valence electrons. The van der Waals surface area contributed by atoms with Crippen molar-refractivity contribution in [2.75, 3.05) is 0 Å². The van der Waals surface area contributed by atoms with Gasteiger partial charge in [-0.2, -0.15) is 4.99 Å². The van der Waals surface area contributed by atoms with Crippen molar-refractivity contribution >= 4 is 27.5 Å². The maximum atomic E-state index is 13.0. The number of carbonyl (C=O) groups is 1. The maximum Gasteiger partial charge on any atom is 0.279 e. The van der Waals surface area contributed by atoms with Crippen LogP contribution >= 0.6 is 11.3 Å². The fraction of sp³-hybridized carbons (Fsp3) is 0.222. The quantitative estimate of drug-likeness (QED) is 0.706. The van der Waals surface area contributed by atoms with Gasteiger partial charge < -0.3 is 4.57 Å². The summed E-state index contributed by atoms with van der Waals surface area (Å²) in [6.45, 7) is 4.94. The van der Waals surface area contributed by atoms with E-state index in [9.17, 15) is 9.18 Å². The highest BCUT2D eigenvalue weighted by atomic mass is 32.1. The standard InChI is InChI=1S/C18H17FN2OS/c1-3-10-21-15-9-4-12(2)11-16(15)23-18(21)20-17(22)13-5-7-14(19)8-6-13/h4-9,11H,3,10H2,1-2H3. The fourth-order valence-corrected chi connectivity index (χ4v) is 3.60. The van der Waals surface area contributed by atoms with Crippen LogP contribution in [0.2, 0.25) is 0 Å². The lowest BCUT2D eigenvalue weighted by molar-refractivity contribution is 0.0998. The van der Waals surface area contributed by atoms with Gasteiger partial charge >= 0.3 is 0 Å². The predicted octanol–water partition coefficient (Wildman–Crippen LogP) is 4.30. The Morgan fingerprint density at radius 2 is 1.96 bits per heavy atom. The van der Waals surface area contributed by atoms with Gasteiger partial charge in [0.15, 0.2) is 4.80 Å². The minimum absolute atomic E-state index is 0.349. The smallest absolute Gasteiger partial charge is 0.279 e. The van der Waals surface area contributed by atoms with E-state index in [2.05, 4.69) is 34.7 Å². The summed E-state index contributed by atoms with van der Waals surface area (Å²) in [6.07, 6.45) is 0.956. The van der Waals surface area contributed by atoms with Crippen molar-refractivity contribution in [1.82, 2.24) is 4.57 Å². The summed E-state index contributed by atoms with van der Waals surface area (Å²) in [6, 6.07) is 11.7. The highest BCUT2D eigenvalue weighted by molar-refractivity contribution is 7.16. The largest absolute Gasteiger partial charge is 0.316 e. The molecule has 1 aromatic heterocycles. The molecule has 0 saturated heterocycles. The van der Waals surface area contributed by atoms with Gasteiger partial charge in [0.05, 0.1) is 10.2 Å². The molecular formula is C18H17FN2OS. The summed E-state index contributed by atoms with van der Waals surface area (Å²) in [5.41, 5.74) is 2.66. The van der Waals surface area contributed by atoms with Crippen LogP contribution in [0.25, 0.3) is 10.2 Å². The molecule has 2 aromatic carbocycles. The zero-order valence-corrected chi connectivity index (χ0v) is 13.9. The van der Waals surface area contributed by atoms with Gasteiger partial charge in [-0.1, -0.05) is 24.3 Å². The van der Waals surface area contributed by atoms with Crippen LogP contribution in [0.15, 0.2) is 47.5 Å². The molecule has 0 aliphatic heterocycles. The van der Waals surface area contributed by atoms with Crippen molar-refractivity contribution < 1.29 is 9.18 Å². The van der Waals surface area contributed by atoms with Crippen LogP contribution in [0.5, 0.6) is 0 Å². The summed E-state index contributed by atoms with van der Waals surface area (Å²) in [5, 5.41) is 0. The molecule has 23 heavy (non-hydrogen) atoms. The number of fused-ring (bicyclic) bond motifs is 1. The van der Waals surface area contributed by atoms with Crippen LogP contribution in [0.1, 0.15) is 29.3 Å². The number of nitrogens with zero attached hydrogens (tertiary/aromatic N) is 2. The second-order valence-corrected chi connectivity index (χ2v) is 6.44. The summed E-state index contributed by atoms with van der Waals surface area (Å²) in [4.78, 5) is 17.3. The van der Waals surface area contributed by atoms with Crippen LogP contribution in [0, 0.1) is 12.7 Å². The van der Waals surface area contributed by atoms with E-state index in [1.165, 1.54) is 41.2 Å². The second kappa shape index (κ2) is 6.46. The van der Waals surface area contributed by atoms with Crippen molar-refractivity contribution in [3.05, 3.63) is 64.2 Å². The van der Waals surface area contributed by atoms with Gasteiger partial charge in [-0.25, -0.2) is 4.39 Å². The first-order valence-electron chi connectivity index (χ1n) is 7.53. The van der Waals surface area contributed by atoms with Crippen LogP contribution in [0.4, 0.5) is 4.39 Å². The Balaban J connectivity index is 2.12. The van der Waals surface area contributed by atoms with E-state index in [4.69, 9.17) is 0 Å². The molecule has 0 aliphatic rings. The van der Waals surface area contributed by atoms with Crippen LogP contribution in [-0.2, 0) is 6.54 Å². The van der Waals surface area contributed by atoms with E-state index < -0.39 is 0 Å². The zero-order valence-electron chi connectivity index (χ0n) is 13.0. The number of benzene rings is 2. The van der Waals surface area contributed by atoms with Crippen LogP contribution in [-0.4, -0.2) is 10.5 Å². The third-order valence-corrected chi connectivity index (χ3v) is 4.61. The molecule has 0 aliphatic carbocycles. The lowest BCUT2D eigenvalue weighted by atomic mass is 10.2. The number of aromatic nitrogens is 1. The van der Waals surface area contributed by atoms with E-state index in [0.29, 0.717) is 10.4 Å². The Kier molecular flexibility index (Phi) is 4.39. The molecule has 0 saturated carbocycles. The molecule has 0 N–H and O–H groups in total.